The van der Waals surface area contributed by atoms with Gasteiger partial charge in [0, 0.05) is 5.75 Å². The molecule has 6 atom stereocenters. The summed E-state index contributed by atoms with van der Waals surface area (Å²) in [5.41, 5.74) is 5.98. The Morgan fingerprint density at radius 2 is 1.48 bits per heavy atom. The second kappa shape index (κ2) is 15.4. The van der Waals surface area contributed by atoms with Crippen molar-refractivity contribution in [1.29, 1.82) is 0 Å². The molecule has 0 saturated carbocycles. The Kier molecular flexibility index (Phi) is 14.6. The minimum atomic E-state index is -1.14. The Balaban J connectivity index is 5.28. The predicted octanol–water partition coefficient (Wildman–Crippen LogP) is 0.628. The summed E-state index contributed by atoms with van der Waals surface area (Å²) < 4.78 is 0. The molecule has 0 aliphatic heterocycles. The lowest BCUT2D eigenvalue weighted by molar-refractivity contribution is -0.142. The van der Waals surface area contributed by atoms with Crippen LogP contribution in [0.5, 0.6) is 0 Å². The number of nitrogens with one attached hydrogen (secondary N) is 3. The number of carboxylic acid groups (broad SMARTS) is 1. The average molecular weight is 479 g/mol. The van der Waals surface area contributed by atoms with Gasteiger partial charge in [-0.15, -0.1) is 0 Å². The summed E-state index contributed by atoms with van der Waals surface area (Å²) in [6.07, 6.45) is 3.44. The second-order valence-electron chi connectivity index (χ2n) is 7.71. The highest BCUT2D eigenvalue weighted by Gasteiger charge is 2.32. The van der Waals surface area contributed by atoms with Crippen LogP contribution in [0.1, 0.15) is 47.0 Å². The van der Waals surface area contributed by atoms with Crippen LogP contribution in [0.25, 0.3) is 0 Å². The Bertz CT molecular complexity index is 608. The summed E-state index contributed by atoms with van der Waals surface area (Å²) in [6, 6.07) is -3.73. The van der Waals surface area contributed by atoms with Gasteiger partial charge in [-0.3, -0.25) is 14.4 Å². The van der Waals surface area contributed by atoms with Gasteiger partial charge in [0.1, 0.15) is 18.1 Å². The van der Waals surface area contributed by atoms with Crippen molar-refractivity contribution in [3.8, 4) is 0 Å². The molecule has 0 aliphatic carbocycles. The van der Waals surface area contributed by atoms with E-state index in [0.717, 1.165) is 6.42 Å². The van der Waals surface area contributed by atoms with Crippen molar-refractivity contribution in [3.63, 3.8) is 0 Å². The lowest BCUT2D eigenvalue weighted by Gasteiger charge is -2.28. The molecule has 0 rings (SSSR count). The summed E-state index contributed by atoms with van der Waals surface area (Å²) in [5.74, 6) is -2.46. The highest BCUT2D eigenvalue weighted by molar-refractivity contribution is 7.98. The molecule has 0 heterocycles. The Hall–Kier alpha value is -1.46. The van der Waals surface area contributed by atoms with Crippen molar-refractivity contribution >= 4 is 48.1 Å². The Labute approximate surface area is 194 Å². The smallest absolute Gasteiger partial charge is 0.326 e. The van der Waals surface area contributed by atoms with E-state index >= 15 is 0 Å². The van der Waals surface area contributed by atoms with E-state index in [1.54, 1.807) is 0 Å². The third-order valence-corrected chi connectivity index (χ3v) is 6.40. The van der Waals surface area contributed by atoms with Crippen LogP contribution in [0.2, 0.25) is 0 Å². The maximum absolute atomic E-state index is 12.9. The second-order valence-corrected chi connectivity index (χ2v) is 9.06. The number of aliphatic carboxylic acids is 1. The molecule has 0 aromatic rings. The molecule has 31 heavy (non-hydrogen) atoms. The summed E-state index contributed by atoms with van der Waals surface area (Å²) in [4.78, 5) is 49.4. The summed E-state index contributed by atoms with van der Waals surface area (Å²) in [5, 5.41) is 17.0. The highest BCUT2D eigenvalue weighted by Crippen LogP contribution is 2.11. The van der Waals surface area contributed by atoms with E-state index in [-0.39, 0.29) is 24.0 Å². The first-order valence-electron chi connectivity index (χ1n) is 10.5. The van der Waals surface area contributed by atoms with Crippen LogP contribution in [0.4, 0.5) is 0 Å². The monoisotopic (exact) mass is 478 g/mol. The molecule has 11 heteroatoms. The van der Waals surface area contributed by atoms with Gasteiger partial charge >= 0.3 is 5.97 Å². The molecule has 0 spiro atoms. The number of nitrogens with two attached hydrogens (primary N) is 1. The number of thiol groups is 1. The number of thioether (sulfide) groups is 1. The molecule has 6 unspecified atom stereocenters. The van der Waals surface area contributed by atoms with Crippen LogP contribution in [0.3, 0.4) is 0 Å². The summed E-state index contributed by atoms with van der Waals surface area (Å²) >= 11 is 5.60. The maximum atomic E-state index is 12.9. The fourth-order valence-corrected chi connectivity index (χ4v) is 3.41. The molecule has 180 valence electrons. The first kappa shape index (κ1) is 29.5. The number of carbonyl (C=O) groups is 4. The molecule has 0 aromatic heterocycles. The highest BCUT2D eigenvalue weighted by atomic mass is 32.2. The molecule has 0 bridgehead atoms. The average Bonchev–Trinajstić information content (AvgIpc) is 2.75. The van der Waals surface area contributed by atoms with E-state index in [2.05, 4.69) is 28.6 Å². The Morgan fingerprint density at radius 1 is 0.935 bits per heavy atom. The van der Waals surface area contributed by atoms with Crippen molar-refractivity contribution < 1.29 is 24.3 Å². The maximum Gasteiger partial charge on any atom is 0.326 e. The standard InChI is InChI=1S/C20H38N4O5S2/c1-6-11(3)15(21)18(26)24-16(12(4)7-2)19(27)23-14(10-30)17(25)22-13(20(28)29)8-9-31-5/h11-16,30H,6-10,21H2,1-5H3,(H,22,25)(H,23,27)(H,24,26)(H,28,29). The largest absolute Gasteiger partial charge is 0.480 e. The zero-order valence-corrected chi connectivity index (χ0v) is 20.7. The molecule has 0 saturated heterocycles. The van der Waals surface area contributed by atoms with Crippen LogP contribution >= 0.6 is 24.4 Å². The van der Waals surface area contributed by atoms with Gasteiger partial charge < -0.3 is 26.8 Å². The zero-order valence-electron chi connectivity index (χ0n) is 19.0. The molecule has 9 nitrogen and oxygen atoms in total. The van der Waals surface area contributed by atoms with Crippen molar-refractivity contribution in [2.75, 3.05) is 17.8 Å². The van der Waals surface area contributed by atoms with E-state index < -0.39 is 47.9 Å². The summed E-state index contributed by atoms with van der Waals surface area (Å²) in [7, 11) is 0. The van der Waals surface area contributed by atoms with E-state index in [9.17, 15) is 24.3 Å². The van der Waals surface area contributed by atoms with Crippen LogP contribution in [-0.2, 0) is 19.2 Å². The number of rotatable bonds is 15. The van der Waals surface area contributed by atoms with Gasteiger partial charge in [0.25, 0.3) is 0 Å². The fraction of sp³-hybridized carbons (Fsp3) is 0.800. The van der Waals surface area contributed by atoms with Crippen LogP contribution < -0.4 is 21.7 Å². The van der Waals surface area contributed by atoms with Gasteiger partial charge in [-0.1, -0.05) is 40.5 Å². The minimum Gasteiger partial charge on any atom is -0.480 e. The minimum absolute atomic E-state index is 0.0278. The van der Waals surface area contributed by atoms with Gasteiger partial charge in [0.2, 0.25) is 17.7 Å². The molecular formula is C20H38N4O5S2. The van der Waals surface area contributed by atoms with Crippen LogP contribution in [-0.4, -0.2) is 70.7 Å². The molecule has 0 aromatic carbocycles. The fourth-order valence-electron chi connectivity index (χ4n) is 2.68. The first-order valence-corrected chi connectivity index (χ1v) is 12.6. The van der Waals surface area contributed by atoms with Crippen molar-refractivity contribution in [2.45, 2.75) is 71.1 Å². The van der Waals surface area contributed by atoms with E-state index in [1.807, 2.05) is 34.0 Å². The van der Waals surface area contributed by atoms with Gasteiger partial charge in [0.15, 0.2) is 0 Å². The third kappa shape index (κ3) is 10.1. The number of hydrogen-bond acceptors (Lipinski definition) is 7. The normalized spacial score (nSPS) is 16.9. The summed E-state index contributed by atoms with van der Waals surface area (Å²) in [6.45, 7) is 7.49. The molecular weight excluding hydrogens is 440 g/mol. The van der Waals surface area contributed by atoms with Gasteiger partial charge in [0.05, 0.1) is 6.04 Å². The third-order valence-electron chi connectivity index (χ3n) is 5.39. The van der Waals surface area contributed by atoms with E-state index in [1.165, 1.54) is 11.8 Å². The number of carboxylic acids is 1. The van der Waals surface area contributed by atoms with E-state index in [4.69, 9.17) is 5.73 Å². The topological polar surface area (TPSA) is 151 Å². The molecule has 0 fully saturated rings. The van der Waals surface area contributed by atoms with Gasteiger partial charge in [-0.05, 0) is 30.3 Å². The van der Waals surface area contributed by atoms with Gasteiger partial charge in [-0.2, -0.15) is 24.4 Å². The van der Waals surface area contributed by atoms with Crippen molar-refractivity contribution in [3.05, 3.63) is 0 Å². The van der Waals surface area contributed by atoms with E-state index in [0.29, 0.717) is 12.2 Å². The Morgan fingerprint density at radius 3 is 1.94 bits per heavy atom. The molecule has 6 N–H and O–H groups in total. The number of carbonyl (C=O) groups excluding carboxylic acids is 3. The molecule has 0 aliphatic rings. The zero-order chi connectivity index (χ0) is 24.1. The molecule has 3 amide bonds. The quantitative estimate of drug-likeness (QED) is 0.189. The lowest BCUT2D eigenvalue weighted by atomic mass is 9.95. The van der Waals surface area contributed by atoms with Crippen LogP contribution in [0.15, 0.2) is 0 Å². The molecule has 0 radical (unpaired) electrons. The van der Waals surface area contributed by atoms with Crippen molar-refractivity contribution in [1.82, 2.24) is 16.0 Å². The number of amides is 3. The van der Waals surface area contributed by atoms with Crippen molar-refractivity contribution in [2.24, 2.45) is 17.6 Å². The lowest BCUT2D eigenvalue weighted by Crippen LogP contribution is -2.59. The van der Waals surface area contributed by atoms with Gasteiger partial charge in [-0.25, -0.2) is 4.79 Å². The number of hydrogen-bond donors (Lipinski definition) is 6. The SMILES string of the molecule is CCC(C)C(N)C(=O)NC(C(=O)NC(CS)C(=O)NC(CCSC)C(=O)O)C(C)CC. The predicted molar refractivity (Wildman–Crippen MR) is 127 cm³/mol. The first-order chi connectivity index (χ1) is 14.5. The van der Waals surface area contributed by atoms with Crippen LogP contribution in [0, 0.1) is 11.8 Å².